The Balaban J connectivity index is 1.66. The number of H-pyrrole nitrogens is 1. The molecule has 0 saturated heterocycles. The van der Waals surface area contributed by atoms with Crippen LogP contribution in [0.25, 0.3) is 22.2 Å². The van der Waals surface area contributed by atoms with Crippen molar-refractivity contribution in [1.82, 2.24) is 15.0 Å². The quantitative estimate of drug-likeness (QED) is 0.514. The summed E-state index contributed by atoms with van der Waals surface area (Å²) in [5, 5.41) is 0.257. The van der Waals surface area contributed by atoms with Crippen LogP contribution in [0.15, 0.2) is 53.5 Å². The third kappa shape index (κ3) is 4.11. The average molecular weight is 422 g/mol. The molecular weight excluding hydrogens is 406 g/mol. The molecule has 0 bridgehead atoms. The minimum atomic E-state index is -0.698. The number of aromatic nitrogens is 3. The lowest BCUT2D eigenvalue weighted by atomic mass is 10.1. The van der Waals surface area contributed by atoms with Gasteiger partial charge < -0.3 is 15.5 Å². The van der Waals surface area contributed by atoms with Gasteiger partial charge in [0, 0.05) is 24.2 Å². The van der Waals surface area contributed by atoms with Gasteiger partial charge >= 0.3 is 0 Å². The van der Waals surface area contributed by atoms with Gasteiger partial charge in [0.25, 0.3) is 11.5 Å². The number of carbonyl (C=O) groups excluding carboxylic acids is 1. The molecule has 4 rings (SSSR count). The molecule has 1 amide bonds. The molecule has 0 unspecified atom stereocenters. The largest absolute Gasteiger partial charge is 0.496 e. The molecule has 2 aromatic heterocycles. The first-order valence-electron chi connectivity index (χ1n) is 9.16. The van der Waals surface area contributed by atoms with E-state index in [1.807, 2.05) is 0 Å². The van der Waals surface area contributed by atoms with E-state index < -0.39 is 23.1 Å². The summed E-state index contributed by atoms with van der Waals surface area (Å²) in [7, 11) is 1.37. The highest BCUT2D eigenvalue weighted by Crippen LogP contribution is 2.23. The Hall–Kier alpha value is -4.14. The summed E-state index contributed by atoms with van der Waals surface area (Å²) in [6.07, 6.45) is 1.78. The van der Waals surface area contributed by atoms with Crippen molar-refractivity contribution < 1.29 is 18.3 Å². The van der Waals surface area contributed by atoms with Crippen LogP contribution in [0.4, 0.5) is 8.78 Å². The number of fused-ring (bicyclic) bond motifs is 1. The second-order valence-corrected chi connectivity index (χ2v) is 6.83. The number of hydrogen-bond acceptors (Lipinski definition) is 5. The number of halogens is 2. The molecule has 4 aromatic rings. The summed E-state index contributed by atoms with van der Waals surface area (Å²) in [6, 6.07) is 9.35. The molecule has 0 aliphatic rings. The van der Waals surface area contributed by atoms with Gasteiger partial charge in [0.2, 0.25) is 0 Å². The molecule has 156 valence electrons. The van der Waals surface area contributed by atoms with Crippen molar-refractivity contribution in [1.29, 1.82) is 0 Å². The first-order chi connectivity index (χ1) is 14.8. The van der Waals surface area contributed by atoms with E-state index in [2.05, 4.69) is 15.0 Å². The normalized spacial score (nSPS) is 10.9. The zero-order chi connectivity index (χ0) is 22.1. The molecule has 0 radical (unpaired) electrons. The third-order valence-electron chi connectivity index (χ3n) is 4.70. The second-order valence-electron chi connectivity index (χ2n) is 6.83. The van der Waals surface area contributed by atoms with E-state index >= 15 is 0 Å². The van der Waals surface area contributed by atoms with Crippen LogP contribution in [0.1, 0.15) is 21.7 Å². The molecule has 31 heavy (non-hydrogen) atoms. The lowest BCUT2D eigenvalue weighted by Gasteiger charge is -2.09. The zero-order valence-corrected chi connectivity index (χ0v) is 16.3. The number of benzene rings is 2. The lowest BCUT2D eigenvalue weighted by molar-refractivity contribution is 0.0997. The molecule has 0 saturated carbocycles. The number of nitrogens with two attached hydrogens (primary N) is 1. The van der Waals surface area contributed by atoms with Crippen LogP contribution in [0.5, 0.6) is 5.75 Å². The van der Waals surface area contributed by atoms with Crippen molar-refractivity contribution in [3.63, 3.8) is 0 Å². The monoisotopic (exact) mass is 422 g/mol. The topological polar surface area (TPSA) is 111 Å². The van der Waals surface area contributed by atoms with Crippen LogP contribution in [0, 0.1) is 11.6 Å². The summed E-state index contributed by atoms with van der Waals surface area (Å²) in [5.41, 5.74) is 6.83. The van der Waals surface area contributed by atoms with Crippen LogP contribution in [-0.2, 0) is 6.42 Å². The summed E-state index contributed by atoms with van der Waals surface area (Å²) in [5.74, 6) is -1.54. The number of aromatic amines is 1. The first kappa shape index (κ1) is 20.1. The van der Waals surface area contributed by atoms with Crippen molar-refractivity contribution in [2.75, 3.05) is 7.11 Å². The predicted octanol–water partition coefficient (Wildman–Crippen LogP) is 2.96. The minimum Gasteiger partial charge on any atom is -0.496 e. The Bertz CT molecular complexity index is 1350. The molecule has 2 heterocycles. The Kier molecular flexibility index (Phi) is 5.16. The fraction of sp³-hybridized carbons (Fsp3) is 0.0909. The average Bonchev–Trinajstić information content (AvgIpc) is 2.72. The van der Waals surface area contributed by atoms with Gasteiger partial charge in [0.1, 0.15) is 23.2 Å². The molecule has 3 N–H and O–H groups in total. The van der Waals surface area contributed by atoms with Crippen molar-refractivity contribution in [3.8, 4) is 17.0 Å². The molecular formula is C22H16F2N4O3. The SMILES string of the molecule is COc1cc2c(=O)[nH]c(Cc3ccc(-c4cc(F)cc(F)c4)nc3)nc2cc1C(N)=O. The maximum atomic E-state index is 13.4. The number of ether oxygens (including phenoxy) is 1. The molecule has 0 aliphatic carbocycles. The highest BCUT2D eigenvalue weighted by molar-refractivity contribution is 5.99. The minimum absolute atomic E-state index is 0.118. The van der Waals surface area contributed by atoms with Crippen LogP contribution in [-0.4, -0.2) is 28.0 Å². The highest BCUT2D eigenvalue weighted by Gasteiger charge is 2.14. The lowest BCUT2D eigenvalue weighted by Crippen LogP contribution is -2.16. The van der Waals surface area contributed by atoms with Gasteiger partial charge in [0.15, 0.2) is 0 Å². The molecule has 0 spiro atoms. The number of methoxy groups -OCH3 is 1. The number of carbonyl (C=O) groups is 1. The van der Waals surface area contributed by atoms with Gasteiger partial charge in [-0.25, -0.2) is 13.8 Å². The molecule has 9 heteroatoms. The predicted molar refractivity (Wildman–Crippen MR) is 110 cm³/mol. The molecule has 0 fully saturated rings. The van der Waals surface area contributed by atoms with E-state index in [0.29, 0.717) is 28.2 Å². The van der Waals surface area contributed by atoms with E-state index in [1.165, 1.54) is 37.6 Å². The van der Waals surface area contributed by atoms with Crippen LogP contribution >= 0.6 is 0 Å². The zero-order valence-electron chi connectivity index (χ0n) is 16.3. The van der Waals surface area contributed by atoms with Crippen LogP contribution in [0.2, 0.25) is 0 Å². The summed E-state index contributed by atoms with van der Waals surface area (Å²) in [6.45, 7) is 0. The maximum Gasteiger partial charge on any atom is 0.258 e. The fourth-order valence-corrected chi connectivity index (χ4v) is 3.25. The number of hydrogen-bond donors (Lipinski definition) is 2. The van der Waals surface area contributed by atoms with Gasteiger partial charge in [-0.15, -0.1) is 0 Å². The summed E-state index contributed by atoms with van der Waals surface area (Å²) in [4.78, 5) is 35.5. The second kappa shape index (κ2) is 7.94. The van der Waals surface area contributed by atoms with E-state index in [1.54, 1.807) is 12.1 Å². The smallest absolute Gasteiger partial charge is 0.258 e. The number of primary amides is 1. The first-order valence-corrected chi connectivity index (χ1v) is 9.16. The molecule has 7 nitrogen and oxygen atoms in total. The standard InChI is InChI=1S/C22H16F2N4O3/c1-31-19-9-15-18(8-16(19)21(25)29)27-20(28-22(15)30)4-11-2-3-17(26-10-11)12-5-13(23)7-14(24)6-12/h2-3,5-10H,4H2,1H3,(H2,25,29)(H,27,28,30). The summed E-state index contributed by atoms with van der Waals surface area (Å²) >= 11 is 0. The van der Waals surface area contributed by atoms with Crippen LogP contribution < -0.4 is 16.0 Å². The Labute approximate surface area is 174 Å². The fourth-order valence-electron chi connectivity index (χ4n) is 3.25. The number of nitrogens with one attached hydrogen (secondary N) is 1. The molecule has 0 aliphatic heterocycles. The number of rotatable bonds is 5. The van der Waals surface area contributed by atoms with Crippen molar-refractivity contribution in [2.45, 2.75) is 6.42 Å². The Morgan fingerprint density at radius 2 is 1.87 bits per heavy atom. The van der Waals surface area contributed by atoms with Crippen molar-refractivity contribution >= 4 is 16.8 Å². The van der Waals surface area contributed by atoms with E-state index in [0.717, 1.165) is 6.07 Å². The van der Waals surface area contributed by atoms with E-state index in [9.17, 15) is 18.4 Å². The molecule has 2 aromatic carbocycles. The highest BCUT2D eigenvalue weighted by atomic mass is 19.1. The van der Waals surface area contributed by atoms with Crippen LogP contribution in [0.3, 0.4) is 0 Å². The maximum absolute atomic E-state index is 13.4. The van der Waals surface area contributed by atoms with Gasteiger partial charge in [0.05, 0.1) is 29.3 Å². The van der Waals surface area contributed by atoms with Gasteiger partial charge in [-0.05, 0) is 35.9 Å². The van der Waals surface area contributed by atoms with Gasteiger partial charge in [-0.1, -0.05) is 6.07 Å². The van der Waals surface area contributed by atoms with Crippen molar-refractivity contribution in [2.24, 2.45) is 5.73 Å². The Morgan fingerprint density at radius 1 is 1.13 bits per heavy atom. The number of amides is 1. The summed E-state index contributed by atoms with van der Waals surface area (Å²) < 4.78 is 32.0. The third-order valence-corrected chi connectivity index (χ3v) is 4.70. The van der Waals surface area contributed by atoms with Gasteiger partial charge in [-0.2, -0.15) is 0 Å². The molecule has 0 atom stereocenters. The van der Waals surface area contributed by atoms with Gasteiger partial charge in [-0.3, -0.25) is 14.6 Å². The van der Waals surface area contributed by atoms with E-state index in [4.69, 9.17) is 10.5 Å². The van der Waals surface area contributed by atoms with Crippen molar-refractivity contribution in [3.05, 3.63) is 87.6 Å². The number of nitrogens with zero attached hydrogens (tertiary/aromatic N) is 2. The number of pyridine rings is 1. The van der Waals surface area contributed by atoms with E-state index in [-0.39, 0.29) is 23.1 Å². The Morgan fingerprint density at radius 3 is 2.48 bits per heavy atom.